The number of nitrogens with one attached hydrogen (secondary N) is 1. The number of rotatable bonds is 5. The first-order chi connectivity index (χ1) is 12.0. The van der Waals surface area contributed by atoms with Crippen LogP contribution in [0.1, 0.15) is 35.7 Å². The Kier molecular flexibility index (Phi) is 5.00. The molecule has 3 aromatic rings. The summed E-state index contributed by atoms with van der Waals surface area (Å²) in [7, 11) is 3.98. The highest BCUT2D eigenvalue weighted by atomic mass is 16.1. The van der Waals surface area contributed by atoms with E-state index in [0.29, 0.717) is 18.0 Å². The second-order valence-corrected chi connectivity index (χ2v) is 7.00. The molecule has 0 aliphatic rings. The lowest BCUT2D eigenvalue weighted by atomic mass is 9.98. The Labute approximate surface area is 148 Å². The van der Waals surface area contributed by atoms with E-state index < -0.39 is 0 Å². The Morgan fingerprint density at radius 3 is 2.44 bits per heavy atom. The van der Waals surface area contributed by atoms with Crippen LogP contribution < -0.4 is 5.32 Å². The molecule has 25 heavy (non-hydrogen) atoms. The van der Waals surface area contributed by atoms with E-state index in [2.05, 4.69) is 43.4 Å². The van der Waals surface area contributed by atoms with Crippen molar-refractivity contribution in [1.29, 1.82) is 0 Å². The third-order valence-corrected chi connectivity index (χ3v) is 4.41. The summed E-state index contributed by atoms with van der Waals surface area (Å²) in [6.07, 6.45) is 0. The van der Waals surface area contributed by atoms with Gasteiger partial charge in [0.15, 0.2) is 0 Å². The summed E-state index contributed by atoms with van der Waals surface area (Å²) in [5, 5.41) is 5.10. The minimum absolute atomic E-state index is 0.0682. The largest absolute Gasteiger partial charge is 0.351 e. The van der Waals surface area contributed by atoms with Crippen LogP contribution >= 0.6 is 0 Å². The van der Waals surface area contributed by atoms with Crippen molar-refractivity contribution >= 4 is 27.7 Å². The molecule has 130 valence electrons. The van der Waals surface area contributed by atoms with Crippen LogP contribution in [0.5, 0.6) is 0 Å². The number of carbonyl (C=O) groups excluding carboxylic acids is 1. The van der Waals surface area contributed by atoms with Crippen LogP contribution in [0, 0.1) is 0 Å². The van der Waals surface area contributed by atoms with Crippen molar-refractivity contribution < 1.29 is 4.79 Å². The van der Waals surface area contributed by atoms with Crippen LogP contribution in [-0.2, 0) is 0 Å². The summed E-state index contributed by atoms with van der Waals surface area (Å²) >= 11 is 0. The number of likely N-dealkylation sites (N-methyl/N-ethyl adjacent to an activating group) is 1. The number of hydrogen-bond donors (Lipinski definition) is 1. The summed E-state index contributed by atoms with van der Waals surface area (Å²) in [5.41, 5.74) is 3.60. The van der Waals surface area contributed by atoms with Crippen molar-refractivity contribution in [3.05, 3.63) is 53.6 Å². The second kappa shape index (κ2) is 7.19. The molecule has 0 fully saturated rings. The summed E-state index contributed by atoms with van der Waals surface area (Å²) in [5.74, 6) is 0.316. The molecule has 2 aromatic carbocycles. The van der Waals surface area contributed by atoms with Gasteiger partial charge in [0.25, 0.3) is 5.91 Å². The number of hydrogen-bond acceptors (Lipinski definition) is 3. The third kappa shape index (κ3) is 3.64. The zero-order chi connectivity index (χ0) is 18.0. The van der Waals surface area contributed by atoms with Gasteiger partial charge >= 0.3 is 0 Å². The zero-order valence-corrected chi connectivity index (χ0v) is 15.3. The predicted molar refractivity (Wildman–Crippen MR) is 104 cm³/mol. The van der Waals surface area contributed by atoms with Gasteiger partial charge in [0.2, 0.25) is 0 Å². The van der Waals surface area contributed by atoms with Crippen LogP contribution in [0.2, 0.25) is 0 Å². The highest BCUT2D eigenvalue weighted by Gasteiger charge is 2.13. The molecule has 0 spiro atoms. The molecule has 1 aromatic heterocycles. The minimum Gasteiger partial charge on any atom is -0.351 e. The number of carbonyl (C=O) groups is 1. The number of nitrogens with zero attached hydrogens (tertiary/aromatic N) is 2. The number of benzene rings is 2. The van der Waals surface area contributed by atoms with Crippen LogP contribution in [-0.4, -0.2) is 43.0 Å². The number of pyridine rings is 1. The standard InChI is InChI=1S/C21H25N3O/c1-14(2)17-9-5-7-15-13-16-8-6-10-18(20(16)23-19(15)17)21(25)22-11-12-24(3)4/h5-10,13-14H,11-12H2,1-4H3,(H,22,25). The maximum atomic E-state index is 12.6. The van der Waals surface area contributed by atoms with Crippen molar-refractivity contribution in [2.75, 3.05) is 27.2 Å². The molecular weight excluding hydrogens is 310 g/mol. The molecule has 1 amide bonds. The normalized spacial score (nSPS) is 11.6. The number of amides is 1. The molecule has 0 unspecified atom stereocenters. The van der Waals surface area contributed by atoms with E-state index in [-0.39, 0.29) is 5.91 Å². The minimum atomic E-state index is -0.0682. The van der Waals surface area contributed by atoms with Gasteiger partial charge in [0, 0.05) is 23.9 Å². The van der Waals surface area contributed by atoms with Gasteiger partial charge in [-0.2, -0.15) is 0 Å². The Hall–Kier alpha value is -2.46. The predicted octanol–water partition coefficient (Wildman–Crippen LogP) is 3.80. The summed E-state index contributed by atoms with van der Waals surface area (Å²) < 4.78 is 0. The molecule has 4 nitrogen and oxygen atoms in total. The maximum absolute atomic E-state index is 12.6. The number of para-hydroxylation sites is 2. The van der Waals surface area contributed by atoms with Crippen molar-refractivity contribution in [3.8, 4) is 0 Å². The molecule has 1 N–H and O–H groups in total. The third-order valence-electron chi connectivity index (χ3n) is 4.41. The van der Waals surface area contributed by atoms with Crippen molar-refractivity contribution in [2.45, 2.75) is 19.8 Å². The number of aromatic nitrogens is 1. The average Bonchev–Trinajstić information content (AvgIpc) is 2.58. The SMILES string of the molecule is CC(C)c1cccc2cc3cccc(C(=O)NCCN(C)C)c3nc12. The van der Waals surface area contributed by atoms with E-state index in [0.717, 1.165) is 28.4 Å². The summed E-state index contributed by atoms with van der Waals surface area (Å²) in [4.78, 5) is 19.6. The fourth-order valence-corrected chi connectivity index (χ4v) is 3.04. The Morgan fingerprint density at radius 2 is 1.76 bits per heavy atom. The van der Waals surface area contributed by atoms with E-state index in [1.54, 1.807) is 0 Å². The monoisotopic (exact) mass is 335 g/mol. The molecule has 0 bridgehead atoms. The quantitative estimate of drug-likeness (QED) is 0.721. The zero-order valence-electron chi connectivity index (χ0n) is 15.3. The molecule has 0 atom stereocenters. The van der Waals surface area contributed by atoms with E-state index in [4.69, 9.17) is 4.98 Å². The van der Waals surface area contributed by atoms with Gasteiger partial charge in [-0.1, -0.05) is 44.2 Å². The van der Waals surface area contributed by atoms with Crippen LogP contribution in [0.25, 0.3) is 21.8 Å². The molecule has 3 rings (SSSR count). The van der Waals surface area contributed by atoms with Crippen molar-refractivity contribution in [1.82, 2.24) is 15.2 Å². The lowest BCUT2D eigenvalue weighted by molar-refractivity contribution is 0.0952. The molecular formula is C21H25N3O. The van der Waals surface area contributed by atoms with Crippen molar-refractivity contribution in [3.63, 3.8) is 0 Å². The van der Waals surface area contributed by atoms with Gasteiger partial charge in [0.05, 0.1) is 16.6 Å². The van der Waals surface area contributed by atoms with E-state index >= 15 is 0 Å². The Balaban J connectivity index is 2.07. The molecule has 0 radical (unpaired) electrons. The Bertz CT molecular complexity index is 916. The van der Waals surface area contributed by atoms with Crippen LogP contribution in [0.4, 0.5) is 0 Å². The molecule has 0 saturated heterocycles. The maximum Gasteiger partial charge on any atom is 0.253 e. The van der Waals surface area contributed by atoms with Gasteiger partial charge in [-0.3, -0.25) is 4.79 Å². The topological polar surface area (TPSA) is 45.2 Å². The van der Waals surface area contributed by atoms with Gasteiger partial charge in [0.1, 0.15) is 0 Å². The smallest absolute Gasteiger partial charge is 0.253 e. The number of fused-ring (bicyclic) bond motifs is 2. The van der Waals surface area contributed by atoms with Gasteiger partial charge < -0.3 is 10.2 Å². The Morgan fingerprint density at radius 1 is 1.08 bits per heavy atom. The average molecular weight is 335 g/mol. The molecule has 0 aliphatic carbocycles. The van der Waals surface area contributed by atoms with Crippen molar-refractivity contribution in [2.24, 2.45) is 0 Å². The highest BCUT2D eigenvalue weighted by Crippen LogP contribution is 2.28. The molecule has 4 heteroatoms. The summed E-state index contributed by atoms with van der Waals surface area (Å²) in [6, 6.07) is 14.2. The first kappa shape index (κ1) is 17.4. The van der Waals surface area contributed by atoms with E-state index in [9.17, 15) is 4.79 Å². The summed E-state index contributed by atoms with van der Waals surface area (Å²) in [6.45, 7) is 5.76. The fourth-order valence-electron chi connectivity index (χ4n) is 3.04. The molecule has 0 aliphatic heterocycles. The van der Waals surface area contributed by atoms with Crippen LogP contribution in [0.15, 0.2) is 42.5 Å². The van der Waals surface area contributed by atoms with Gasteiger partial charge in [-0.15, -0.1) is 0 Å². The fraction of sp³-hybridized carbons (Fsp3) is 0.333. The first-order valence-corrected chi connectivity index (χ1v) is 8.72. The van der Waals surface area contributed by atoms with Crippen LogP contribution in [0.3, 0.4) is 0 Å². The molecule has 0 saturated carbocycles. The first-order valence-electron chi connectivity index (χ1n) is 8.72. The van der Waals surface area contributed by atoms with Gasteiger partial charge in [-0.25, -0.2) is 4.98 Å². The lowest BCUT2D eigenvalue weighted by Gasteiger charge is -2.13. The van der Waals surface area contributed by atoms with Gasteiger partial charge in [-0.05, 0) is 37.7 Å². The van der Waals surface area contributed by atoms with E-state index in [1.165, 1.54) is 5.56 Å². The van der Waals surface area contributed by atoms with E-state index in [1.807, 2.05) is 37.2 Å². The molecule has 1 heterocycles. The highest BCUT2D eigenvalue weighted by molar-refractivity contribution is 6.08. The lowest BCUT2D eigenvalue weighted by Crippen LogP contribution is -2.31. The second-order valence-electron chi connectivity index (χ2n) is 7.00.